The summed E-state index contributed by atoms with van der Waals surface area (Å²) in [7, 11) is 0. The van der Waals surface area contributed by atoms with Crippen molar-refractivity contribution in [2.24, 2.45) is 0 Å². The third kappa shape index (κ3) is 6.56. The highest BCUT2D eigenvalue weighted by atomic mass is 16.6. The van der Waals surface area contributed by atoms with Crippen LogP contribution in [0.4, 0.5) is 4.79 Å². The lowest BCUT2D eigenvalue weighted by atomic mass is 10.0. The van der Waals surface area contributed by atoms with E-state index in [-0.39, 0.29) is 6.61 Å². The summed E-state index contributed by atoms with van der Waals surface area (Å²) in [6.45, 7) is 3.32. The summed E-state index contributed by atoms with van der Waals surface area (Å²) in [5.41, 5.74) is 3.30. The quantitative estimate of drug-likeness (QED) is 0.650. The molecule has 0 spiro atoms. The number of carbonyl (C=O) groups is 2. The Morgan fingerprint density at radius 3 is 2.56 bits per heavy atom. The molecule has 1 N–H and O–H groups in total. The van der Waals surface area contributed by atoms with Crippen LogP contribution < -0.4 is 5.32 Å². The van der Waals surface area contributed by atoms with Crippen LogP contribution in [0.15, 0.2) is 54.6 Å². The fourth-order valence-corrected chi connectivity index (χ4v) is 3.60. The summed E-state index contributed by atoms with van der Waals surface area (Å²) in [4.78, 5) is 27.1. The Kier molecular flexibility index (Phi) is 8.64. The number of hydrogen-bond donors (Lipinski definition) is 1. The number of nitrogens with zero attached hydrogens (tertiary/aromatic N) is 2. The van der Waals surface area contributed by atoms with Gasteiger partial charge in [0, 0.05) is 13.1 Å². The van der Waals surface area contributed by atoms with E-state index < -0.39 is 24.1 Å². The van der Waals surface area contributed by atoms with Gasteiger partial charge in [0.2, 0.25) is 0 Å². The highest BCUT2D eigenvalue weighted by Crippen LogP contribution is 2.20. The lowest BCUT2D eigenvalue weighted by Gasteiger charge is -2.29. The van der Waals surface area contributed by atoms with Gasteiger partial charge >= 0.3 is 6.09 Å². The van der Waals surface area contributed by atoms with Gasteiger partial charge in [0.1, 0.15) is 6.04 Å². The average molecular weight is 436 g/mol. The van der Waals surface area contributed by atoms with Crippen LogP contribution in [0.25, 0.3) is 0 Å². The molecule has 2 aromatic rings. The maximum atomic E-state index is 12.7. The van der Waals surface area contributed by atoms with E-state index in [2.05, 4.69) is 11.4 Å². The summed E-state index contributed by atoms with van der Waals surface area (Å²) < 4.78 is 11.1. The Labute approximate surface area is 188 Å². The van der Waals surface area contributed by atoms with Gasteiger partial charge in [0.15, 0.2) is 6.10 Å². The predicted molar refractivity (Wildman–Crippen MR) is 119 cm³/mol. The van der Waals surface area contributed by atoms with Gasteiger partial charge in [-0.05, 0) is 29.5 Å². The second-order valence-corrected chi connectivity index (χ2v) is 7.79. The van der Waals surface area contributed by atoms with Gasteiger partial charge in [-0.1, -0.05) is 67.9 Å². The second kappa shape index (κ2) is 11.9. The number of hydrogen-bond acceptors (Lipinski definition) is 5. The standard InChI is InChI=1S/C25H29N3O4/c1-2-8-23(32-25(30)28-14-13-20-11-6-7-12-21(20)16-28)24(29)27-22(15-26)18-31-17-19-9-4-3-5-10-19/h3-7,9-12,22-23H,2,8,13-14,16-18H2,1H3,(H,27,29)/t22-,23+/m1/s1. The lowest BCUT2D eigenvalue weighted by molar-refractivity contribution is -0.131. The molecule has 0 bridgehead atoms. The van der Waals surface area contributed by atoms with Crippen molar-refractivity contribution in [2.75, 3.05) is 13.2 Å². The molecule has 0 saturated heterocycles. The van der Waals surface area contributed by atoms with Crippen LogP contribution in [0, 0.1) is 11.3 Å². The maximum Gasteiger partial charge on any atom is 0.410 e. The molecule has 7 nitrogen and oxygen atoms in total. The van der Waals surface area contributed by atoms with Crippen molar-refractivity contribution in [3.05, 3.63) is 71.3 Å². The van der Waals surface area contributed by atoms with Crippen LogP contribution in [-0.4, -0.2) is 42.2 Å². The van der Waals surface area contributed by atoms with Crippen LogP contribution in [0.2, 0.25) is 0 Å². The Bertz CT molecular complexity index is 942. The topological polar surface area (TPSA) is 91.7 Å². The van der Waals surface area contributed by atoms with Gasteiger partial charge in [0.25, 0.3) is 5.91 Å². The molecule has 0 saturated carbocycles. The first kappa shape index (κ1) is 23.3. The van der Waals surface area contributed by atoms with Gasteiger partial charge in [0.05, 0.1) is 19.3 Å². The molecule has 0 fully saturated rings. The maximum absolute atomic E-state index is 12.7. The molecular formula is C25H29N3O4. The molecule has 1 aliphatic rings. The number of carbonyl (C=O) groups excluding carboxylic acids is 2. The van der Waals surface area contributed by atoms with Gasteiger partial charge in [-0.25, -0.2) is 4.79 Å². The van der Waals surface area contributed by atoms with Crippen molar-refractivity contribution in [1.82, 2.24) is 10.2 Å². The van der Waals surface area contributed by atoms with Crippen molar-refractivity contribution in [2.45, 2.75) is 51.5 Å². The number of rotatable bonds is 9. The summed E-state index contributed by atoms with van der Waals surface area (Å²) >= 11 is 0. The van der Waals surface area contributed by atoms with E-state index in [1.165, 1.54) is 5.56 Å². The molecule has 2 amide bonds. The summed E-state index contributed by atoms with van der Waals surface area (Å²) in [6.07, 6.45) is 0.336. The van der Waals surface area contributed by atoms with Crippen molar-refractivity contribution < 1.29 is 19.1 Å². The fraction of sp³-hybridized carbons (Fsp3) is 0.400. The number of nitrogens with one attached hydrogen (secondary N) is 1. The first-order valence-corrected chi connectivity index (χ1v) is 10.9. The number of nitriles is 1. The highest BCUT2D eigenvalue weighted by molar-refractivity contribution is 5.84. The zero-order valence-electron chi connectivity index (χ0n) is 18.3. The number of benzene rings is 2. The molecule has 0 aliphatic carbocycles. The molecule has 0 unspecified atom stereocenters. The van der Waals surface area contributed by atoms with Gasteiger partial charge in [-0.3, -0.25) is 4.79 Å². The van der Waals surface area contributed by atoms with Gasteiger partial charge in [-0.15, -0.1) is 0 Å². The number of ether oxygens (including phenoxy) is 2. The zero-order chi connectivity index (χ0) is 22.8. The van der Waals surface area contributed by atoms with E-state index in [4.69, 9.17) is 9.47 Å². The zero-order valence-corrected chi connectivity index (χ0v) is 18.3. The monoisotopic (exact) mass is 435 g/mol. The third-order valence-corrected chi connectivity index (χ3v) is 5.34. The van der Waals surface area contributed by atoms with Crippen molar-refractivity contribution in [1.29, 1.82) is 5.26 Å². The van der Waals surface area contributed by atoms with E-state index in [0.717, 1.165) is 17.5 Å². The van der Waals surface area contributed by atoms with Crippen molar-refractivity contribution in [3.63, 3.8) is 0 Å². The molecule has 7 heteroatoms. The molecule has 168 valence electrons. The number of fused-ring (bicyclic) bond motifs is 1. The molecular weight excluding hydrogens is 406 g/mol. The molecule has 32 heavy (non-hydrogen) atoms. The summed E-state index contributed by atoms with van der Waals surface area (Å²) in [5, 5.41) is 12.0. The molecule has 1 heterocycles. The van der Waals surface area contributed by atoms with E-state index in [0.29, 0.717) is 32.5 Å². The number of amides is 2. The minimum absolute atomic E-state index is 0.0484. The Hall–Kier alpha value is -3.37. The molecule has 0 aromatic heterocycles. The lowest BCUT2D eigenvalue weighted by Crippen LogP contribution is -2.46. The average Bonchev–Trinajstić information content (AvgIpc) is 2.83. The Morgan fingerprint density at radius 2 is 1.84 bits per heavy atom. The van der Waals surface area contributed by atoms with E-state index in [1.54, 1.807) is 4.90 Å². The molecule has 2 aromatic carbocycles. The first-order valence-electron chi connectivity index (χ1n) is 10.9. The van der Waals surface area contributed by atoms with E-state index in [1.807, 2.05) is 61.5 Å². The SMILES string of the molecule is CCC[C@H](OC(=O)N1CCc2ccccc2C1)C(=O)N[C@H](C#N)COCc1ccccc1. The highest BCUT2D eigenvalue weighted by Gasteiger charge is 2.28. The van der Waals surface area contributed by atoms with Crippen LogP contribution >= 0.6 is 0 Å². The van der Waals surface area contributed by atoms with Crippen LogP contribution in [0.3, 0.4) is 0 Å². The minimum atomic E-state index is -0.949. The molecule has 1 aliphatic heterocycles. The minimum Gasteiger partial charge on any atom is -0.436 e. The molecule has 3 rings (SSSR count). The van der Waals surface area contributed by atoms with Crippen LogP contribution in [0.1, 0.15) is 36.5 Å². The predicted octanol–water partition coefficient (Wildman–Crippen LogP) is 3.58. The second-order valence-electron chi connectivity index (χ2n) is 7.79. The fourth-order valence-electron chi connectivity index (χ4n) is 3.60. The third-order valence-electron chi connectivity index (χ3n) is 5.34. The van der Waals surface area contributed by atoms with E-state index in [9.17, 15) is 14.9 Å². The van der Waals surface area contributed by atoms with Crippen LogP contribution in [-0.2, 0) is 33.8 Å². The smallest absolute Gasteiger partial charge is 0.410 e. The summed E-state index contributed by atoms with van der Waals surface area (Å²) in [6, 6.07) is 18.8. The van der Waals surface area contributed by atoms with Crippen molar-refractivity contribution in [3.8, 4) is 6.07 Å². The molecule has 2 atom stereocenters. The Balaban J connectivity index is 1.51. The summed E-state index contributed by atoms with van der Waals surface area (Å²) in [5.74, 6) is -0.479. The first-order chi connectivity index (χ1) is 15.6. The van der Waals surface area contributed by atoms with E-state index >= 15 is 0 Å². The largest absolute Gasteiger partial charge is 0.436 e. The molecule has 0 radical (unpaired) electrons. The van der Waals surface area contributed by atoms with Gasteiger partial charge in [-0.2, -0.15) is 5.26 Å². The Morgan fingerprint density at radius 1 is 1.12 bits per heavy atom. The normalized spacial score (nSPS) is 14.6. The van der Waals surface area contributed by atoms with Crippen LogP contribution in [0.5, 0.6) is 0 Å². The van der Waals surface area contributed by atoms with Gasteiger partial charge < -0.3 is 19.7 Å². The van der Waals surface area contributed by atoms with Crippen molar-refractivity contribution >= 4 is 12.0 Å².